The van der Waals surface area contributed by atoms with Gasteiger partial charge in [-0.25, -0.2) is 4.99 Å². The van der Waals surface area contributed by atoms with Gasteiger partial charge in [-0.3, -0.25) is 0 Å². The quantitative estimate of drug-likeness (QED) is 0.571. The lowest BCUT2D eigenvalue weighted by molar-refractivity contribution is -0.137. The van der Waals surface area contributed by atoms with Gasteiger partial charge in [-0.1, -0.05) is 30.8 Å². The summed E-state index contributed by atoms with van der Waals surface area (Å²) in [5.74, 6) is 0.561. The molecule has 0 saturated heterocycles. The summed E-state index contributed by atoms with van der Waals surface area (Å²) in [5.41, 5.74) is 3.04. The van der Waals surface area contributed by atoms with Gasteiger partial charge in [0.2, 0.25) is 0 Å². The second kappa shape index (κ2) is 6.91. The number of aliphatic imine (C=N–C) groups is 1. The Labute approximate surface area is 139 Å². The minimum absolute atomic E-state index is 0.368. The molecular weight excluding hydrogens is 313 g/mol. The smallest absolute Gasteiger partial charge is 0.344 e. The molecule has 0 aliphatic rings. The summed E-state index contributed by atoms with van der Waals surface area (Å²) in [4.78, 5) is 4.48. The molecule has 126 valence electrons. The summed E-state index contributed by atoms with van der Waals surface area (Å²) in [7, 11) is 0. The fourth-order valence-corrected chi connectivity index (χ4v) is 2.24. The molecule has 5 heteroatoms. The normalized spacial score (nSPS) is 12.2. The van der Waals surface area contributed by atoms with Gasteiger partial charge in [0.05, 0.1) is 11.3 Å². The average Bonchev–Trinajstić information content (AvgIpc) is 2.51. The highest BCUT2D eigenvalue weighted by Crippen LogP contribution is 2.30. The molecule has 0 saturated carbocycles. The third kappa shape index (κ3) is 4.25. The molecule has 0 radical (unpaired) electrons. The monoisotopic (exact) mass is 332 g/mol. The van der Waals surface area contributed by atoms with Crippen LogP contribution in [0.2, 0.25) is 0 Å². The van der Waals surface area contributed by atoms with Crippen LogP contribution in [0, 0.1) is 13.8 Å². The molecule has 0 fully saturated rings. The van der Waals surface area contributed by atoms with Crippen LogP contribution in [0.25, 0.3) is 5.70 Å². The summed E-state index contributed by atoms with van der Waals surface area (Å²) < 4.78 is 38.4. The van der Waals surface area contributed by atoms with Gasteiger partial charge in [0, 0.05) is 5.70 Å². The van der Waals surface area contributed by atoms with Crippen LogP contribution in [-0.4, -0.2) is 5.84 Å². The Kier molecular flexibility index (Phi) is 5.12. The molecule has 2 aromatic carbocycles. The molecule has 2 nitrogen and oxygen atoms in total. The van der Waals surface area contributed by atoms with Gasteiger partial charge in [-0.05, 0) is 55.7 Å². The zero-order chi connectivity index (χ0) is 17.9. The van der Waals surface area contributed by atoms with E-state index in [0.717, 1.165) is 28.9 Å². The first kappa shape index (κ1) is 17.8. The van der Waals surface area contributed by atoms with Crippen LogP contribution in [-0.2, 0) is 6.18 Å². The molecule has 0 atom stereocenters. The van der Waals surface area contributed by atoms with Crippen LogP contribution in [0.15, 0.2) is 54.0 Å². The van der Waals surface area contributed by atoms with Crippen molar-refractivity contribution in [1.82, 2.24) is 5.32 Å². The SMILES string of the molecule is C=C(NC(C)=Nc1cccc(C)c1C)c1cccc(C(F)(F)F)c1. The minimum Gasteiger partial charge on any atom is -0.344 e. The van der Waals surface area contributed by atoms with Crippen molar-refractivity contribution in [2.24, 2.45) is 4.99 Å². The van der Waals surface area contributed by atoms with Crippen molar-refractivity contribution in [3.8, 4) is 0 Å². The van der Waals surface area contributed by atoms with E-state index < -0.39 is 11.7 Å². The Morgan fingerprint density at radius 3 is 2.42 bits per heavy atom. The maximum Gasteiger partial charge on any atom is 0.416 e. The van der Waals surface area contributed by atoms with E-state index in [9.17, 15) is 13.2 Å². The van der Waals surface area contributed by atoms with Crippen molar-refractivity contribution in [1.29, 1.82) is 0 Å². The first-order valence-corrected chi connectivity index (χ1v) is 7.43. The molecule has 0 bridgehead atoms. The molecule has 0 aliphatic heterocycles. The molecule has 0 aliphatic carbocycles. The maximum absolute atomic E-state index is 12.8. The lowest BCUT2D eigenvalue weighted by Gasteiger charge is -2.13. The molecule has 2 rings (SSSR count). The van der Waals surface area contributed by atoms with E-state index in [4.69, 9.17) is 0 Å². The highest BCUT2D eigenvalue weighted by atomic mass is 19.4. The van der Waals surface area contributed by atoms with Gasteiger partial charge in [0.25, 0.3) is 0 Å². The van der Waals surface area contributed by atoms with E-state index >= 15 is 0 Å². The summed E-state index contributed by atoms with van der Waals surface area (Å²) in [5, 5.41) is 2.96. The number of alkyl halides is 3. The van der Waals surface area contributed by atoms with Crippen LogP contribution < -0.4 is 5.32 Å². The number of halogens is 3. The van der Waals surface area contributed by atoms with Crippen LogP contribution in [0.4, 0.5) is 18.9 Å². The third-order valence-electron chi connectivity index (χ3n) is 3.73. The number of amidine groups is 1. The first-order chi connectivity index (χ1) is 11.2. The number of nitrogens with zero attached hydrogens (tertiary/aromatic N) is 1. The third-order valence-corrected chi connectivity index (χ3v) is 3.73. The zero-order valence-corrected chi connectivity index (χ0v) is 13.8. The van der Waals surface area contributed by atoms with Crippen molar-refractivity contribution in [2.45, 2.75) is 26.9 Å². The lowest BCUT2D eigenvalue weighted by atomic mass is 10.1. The number of hydrogen-bond acceptors (Lipinski definition) is 1. The summed E-state index contributed by atoms with van der Waals surface area (Å²) >= 11 is 0. The Morgan fingerprint density at radius 2 is 1.75 bits per heavy atom. The Balaban J connectivity index is 2.20. The number of benzene rings is 2. The van der Waals surface area contributed by atoms with Crippen LogP contribution >= 0.6 is 0 Å². The van der Waals surface area contributed by atoms with Crippen molar-refractivity contribution in [2.75, 3.05) is 0 Å². The molecule has 2 aromatic rings. The Hall–Kier alpha value is -2.56. The number of nitrogens with one attached hydrogen (secondary N) is 1. The molecule has 1 N–H and O–H groups in total. The summed E-state index contributed by atoms with van der Waals surface area (Å²) in [6.45, 7) is 9.53. The Morgan fingerprint density at radius 1 is 1.08 bits per heavy atom. The largest absolute Gasteiger partial charge is 0.416 e. The van der Waals surface area contributed by atoms with Crippen molar-refractivity contribution >= 4 is 17.2 Å². The lowest BCUT2D eigenvalue weighted by Crippen LogP contribution is -2.18. The highest BCUT2D eigenvalue weighted by molar-refractivity contribution is 5.90. The molecule has 0 spiro atoms. The number of aryl methyl sites for hydroxylation is 1. The number of rotatable bonds is 3. The maximum atomic E-state index is 12.8. The summed E-state index contributed by atoms with van der Waals surface area (Å²) in [6.07, 6.45) is -4.38. The van der Waals surface area contributed by atoms with E-state index in [1.54, 1.807) is 13.0 Å². The van der Waals surface area contributed by atoms with E-state index in [1.807, 2.05) is 32.0 Å². The molecular formula is C19H19F3N2. The molecule has 0 heterocycles. The predicted octanol–water partition coefficient (Wildman–Crippen LogP) is 5.63. The topological polar surface area (TPSA) is 24.4 Å². The molecule has 0 amide bonds. The molecule has 0 unspecified atom stereocenters. The van der Waals surface area contributed by atoms with Gasteiger partial charge in [-0.2, -0.15) is 13.2 Å². The van der Waals surface area contributed by atoms with Crippen LogP contribution in [0.5, 0.6) is 0 Å². The van der Waals surface area contributed by atoms with Gasteiger partial charge in [0.1, 0.15) is 5.84 Å². The van der Waals surface area contributed by atoms with Gasteiger partial charge in [-0.15, -0.1) is 0 Å². The van der Waals surface area contributed by atoms with Crippen molar-refractivity contribution in [3.63, 3.8) is 0 Å². The average molecular weight is 332 g/mol. The second-order valence-corrected chi connectivity index (χ2v) is 5.60. The zero-order valence-electron chi connectivity index (χ0n) is 13.8. The standard InChI is InChI=1S/C19H19F3N2/c1-12-7-5-10-18(13(12)2)24-15(4)23-14(3)16-8-6-9-17(11-16)19(20,21)22/h5-11H,3H2,1-2,4H3,(H,23,24). The predicted molar refractivity (Wildman–Crippen MR) is 92.3 cm³/mol. The minimum atomic E-state index is -4.38. The van der Waals surface area contributed by atoms with Crippen LogP contribution in [0.3, 0.4) is 0 Å². The Bertz CT molecular complexity index is 789. The van der Waals surface area contributed by atoms with E-state index in [1.165, 1.54) is 6.07 Å². The van der Waals surface area contributed by atoms with Gasteiger partial charge < -0.3 is 5.32 Å². The fraction of sp³-hybridized carbons (Fsp3) is 0.211. The van der Waals surface area contributed by atoms with Gasteiger partial charge in [0.15, 0.2) is 0 Å². The first-order valence-electron chi connectivity index (χ1n) is 7.43. The van der Waals surface area contributed by atoms with E-state index in [-0.39, 0.29) is 0 Å². The van der Waals surface area contributed by atoms with E-state index in [2.05, 4.69) is 16.9 Å². The summed E-state index contributed by atoms with van der Waals surface area (Å²) in [6, 6.07) is 10.8. The van der Waals surface area contributed by atoms with E-state index in [0.29, 0.717) is 17.1 Å². The van der Waals surface area contributed by atoms with Crippen molar-refractivity contribution < 1.29 is 13.2 Å². The molecule has 0 aromatic heterocycles. The van der Waals surface area contributed by atoms with Crippen molar-refractivity contribution in [3.05, 3.63) is 71.3 Å². The highest BCUT2D eigenvalue weighted by Gasteiger charge is 2.30. The molecule has 24 heavy (non-hydrogen) atoms. The fourth-order valence-electron chi connectivity index (χ4n) is 2.24. The second-order valence-electron chi connectivity index (χ2n) is 5.60. The van der Waals surface area contributed by atoms with Gasteiger partial charge >= 0.3 is 6.18 Å². The number of hydrogen-bond donors (Lipinski definition) is 1. The van der Waals surface area contributed by atoms with Crippen LogP contribution in [0.1, 0.15) is 29.2 Å².